The monoisotopic (exact) mass is 376 g/mol. The summed E-state index contributed by atoms with van der Waals surface area (Å²) in [5.41, 5.74) is 1.14. The van der Waals surface area contributed by atoms with Gasteiger partial charge >= 0.3 is 0 Å². The summed E-state index contributed by atoms with van der Waals surface area (Å²) in [7, 11) is 3.06. The minimum Gasteiger partial charge on any atom is -0.493 e. The first-order valence-corrected chi connectivity index (χ1v) is 8.72. The molecule has 1 aliphatic heterocycles. The number of halogens is 2. The van der Waals surface area contributed by atoms with Crippen LogP contribution < -0.4 is 19.7 Å². The number of ether oxygens (including phenoxy) is 2. The third-order valence-corrected chi connectivity index (χ3v) is 4.75. The second-order valence-electron chi connectivity index (χ2n) is 6.48. The number of nitrogens with zero attached hydrogens (tertiary/aromatic N) is 1. The Balaban J connectivity index is 1.56. The molecule has 1 saturated heterocycles. The Morgan fingerprint density at radius 2 is 1.89 bits per heavy atom. The van der Waals surface area contributed by atoms with Crippen molar-refractivity contribution in [3.63, 3.8) is 0 Å². The van der Waals surface area contributed by atoms with E-state index in [0.717, 1.165) is 19.0 Å². The van der Waals surface area contributed by atoms with Crippen LogP contribution in [0.15, 0.2) is 36.4 Å². The number of hydrogen-bond donors (Lipinski definition) is 1. The van der Waals surface area contributed by atoms with Gasteiger partial charge in [0.05, 0.1) is 14.2 Å². The van der Waals surface area contributed by atoms with E-state index >= 15 is 0 Å². The molecule has 7 heteroatoms. The Kier molecular flexibility index (Phi) is 5.78. The van der Waals surface area contributed by atoms with Gasteiger partial charge in [0.2, 0.25) is 0 Å². The first kappa shape index (κ1) is 18.9. The van der Waals surface area contributed by atoms with Gasteiger partial charge in [0.25, 0.3) is 5.91 Å². The standard InChI is InChI=1S/C20H22F2N2O3/c1-26-18-6-3-14(9-19(18)27-2)20(25)23-11-13-7-8-24(12-13)15-4-5-16(21)17(22)10-15/h3-6,9-10,13H,7-8,11-12H2,1-2H3,(H,23,25)/t13-/m1/s1. The van der Waals surface area contributed by atoms with Crippen molar-refractivity contribution in [1.82, 2.24) is 5.32 Å². The smallest absolute Gasteiger partial charge is 0.251 e. The van der Waals surface area contributed by atoms with E-state index in [1.165, 1.54) is 20.3 Å². The van der Waals surface area contributed by atoms with Crippen molar-refractivity contribution in [3.05, 3.63) is 53.6 Å². The molecule has 0 radical (unpaired) electrons. The predicted octanol–water partition coefficient (Wildman–Crippen LogP) is 3.24. The van der Waals surface area contributed by atoms with Crippen molar-refractivity contribution in [3.8, 4) is 11.5 Å². The van der Waals surface area contributed by atoms with Crippen molar-refractivity contribution in [2.24, 2.45) is 5.92 Å². The van der Waals surface area contributed by atoms with Crippen molar-refractivity contribution >= 4 is 11.6 Å². The highest BCUT2D eigenvalue weighted by atomic mass is 19.2. The second kappa shape index (κ2) is 8.24. The minimum atomic E-state index is -0.850. The fourth-order valence-electron chi connectivity index (χ4n) is 3.23. The molecule has 1 atom stereocenters. The highest BCUT2D eigenvalue weighted by Gasteiger charge is 2.24. The van der Waals surface area contributed by atoms with Crippen LogP contribution in [-0.4, -0.2) is 39.8 Å². The summed E-state index contributed by atoms with van der Waals surface area (Å²) in [5, 5.41) is 2.93. The second-order valence-corrected chi connectivity index (χ2v) is 6.48. The van der Waals surface area contributed by atoms with Crippen LogP contribution in [0.25, 0.3) is 0 Å². The number of carbonyl (C=O) groups is 1. The lowest BCUT2D eigenvalue weighted by Gasteiger charge is -2.19. The molecule has 1 heterocycles. The van der Waals surface area contributed by atoms with Gasteiger partial charge < -0.3 is 19.7 Å². The van der Waals surface area contributed by atoms with Crippen molar-refractivity contribution < 1.29 is 23.0 Å². The van der Waals surface area contributed by atoms with Gasteiger partial charge in [-0.1, -0.05) is 0 Å². The van der Waals surface area contributed by atoms with E-state index in [1.54, 1.807) is 24.3 Å². The van der Waals surface area contributed by atoms with Crippen LogP contribution >= 0.6 is 0 Å². The average molecular weight is 376 g/mol. The van der Waals surface area contributed by atoms with Crippen LogP contribution in [0, 0.1) is 17.6 Å². The van der Waals surface area contributed by atoms with Crippen LogP contribution in [0.4, 0.5) is 14.5 Å². The van der Waals surface area contributed by atoms with E-state index in [2.05, 4.69) is 5.32 Å². The first-order valence-electron chi connectivity index (χ1n) is 8.72. The summed E-state index contributed by atoms with van der Waals surface area (Å²) in [6.45, 7) is 1.92. The van der Waals surface area contributed by atoms with Gasteiger partial charge in [-0.2, -0.15) is 0 Å². The molecule has 1 amide bonds. The largest absolute Gasteiger partial charge is 0.493 e. The molecule has 1 N–H and O–H groups in total. The van der Waals surface area contributed by atoms with Crippen LogP contribution in [0.3, 0.4) is 0 Å². The number of amides is 1. The fourth-order valence-corrected chi connectivity index (χ4v) is 3.23. The quantitative estimate of drug-likeness (QED) is 0.841. The molecule has 0 saturated carbocycles. The third kappa shape index (κ3) is 4.30. The van der Waals surface area contributed by atoms with Gasteiger partial charge in [-0.15, -0.1) is 0 Å². The van der Waals surface area contributed by atoms with Crippen molar-refractivity contribution in [1.29, 1.82) is 0 Å². The summed E-state index contributed by atoms with van der Waals surface area (Å²) in [6, 6.07) is 8.92. The van der Waals surface area contributed by atoms with Crippen molar-refractivity contribution in [2.45, 2.75) is 6.42 Å². The molecular weight excluding hydrogens is 354 g/mol. The average Bonchev–Trinajstić information content (AvgIpc) is 3.16. The highest BCUT2D eigenvalue weighted by Crippen LogP contribution is 2.28. The summed E-state index contributed by atoms with van der Waals surface area (Å²) in [4.78, 5) is 14.4. The molecule has 0 bridgehead atoms. The molecule has 3 rings (SSSR count). The van der Waals surface area contributed by atoms with E-state index in [4.69, 9.17) is 9.47 Å². The topological polar surface area (TPSA) is 50.8 Å². The minimum absolute atomic E-state index is 0.192. The maximum atomic E-state index is 13.4. The Bertz CT molecular complexity index is 829. The maximum absolute atomic E-state index is 13.4. The lowest BCUT2D eigenvalue weighted by atomic mass is 10.1. The Labute approximate surface area is 156 Å². The molecule has 144 valence electrons. The van der Waals surface area contributed by atoms with Gasteiger partial charge in [0.1, 0.15) is 0 Å². The lowest BCUT2D eigenvalue weighted by molar-refractivity contribution is 0.0948. The van der Waals surface area contributed by atoms with Gasteiger partial charge in [-0.3, -0.25) is 4.79 Å². The predicted molar refractivity (Wildman–Crippen MR) is 98.6 cm³/mol. The van der Waals surface area contributed by atoms with E-state index in [1.807, 2.05) is 4.90 Å². The molecule has 2 aromatic carbocycles. The van der Waals surface area contributed by atoms with Crippen LogP contribution in [0.1, 0.15) is 16.8 Å². The molecular formula is C20H22F2N2O3. The van der Waals surface area contributed by atoms with Gasteiger partial charge in [0, 0.05) is 37.0 Å². The summed E-state index contributed by atoms with van der Waals surface area (Å²) < 4.78 is 36.9. The molecule has 0 aliphatic carbocycles. The summed E-state index contributed by atoms with van der Waals surface area (Å²) in [6.07, 6.45) is 0.866. The highest BCUT2D eigenvalue weighted by molar-refractivity contribution is 5.94. The summed E-state index contributed by atoms with van der Waals surface area (Å²) in [5.74, 6) is -0.596. The Morgan fingerprint density at radius 1 is 1.11 bits per heavy atom. The Hall–Kier alpha value is -2.83. The first-order chi connectivity index (χ1) is 13.0. The van der Waals surface area contributed by atoms with E-state index in [0.29, 0.717) is 35.8 Å². The normalized spacial score (nSPS) is 16.3. The van der Waals surface area contributed by atoms with Gasteiger partial charge in [-0.05, 0) is 42.7 Å². The van der Waals surface area contributed by atoms with Crippen LogP contribution in [-0.2, 0) is 0 Å². The molecule has 5 nitrogen and oxygen atoms in total. The zero-order valence-corrected chi connectivity index (χ0v) is 15.3. The van der Waals surface area contributed by atoms with Crippen molar-refractivity contribution in [2.75, 3.05) is 38.8 Å². The number of anilines is 1. The van der Waals surface area contributed by atoms with E-state index < -0.39 is 11.6 Å². The number of nitrogens with one attached hydrogen (secondary N) is 1. The van der Waals surface area contributed by atoms with Gasteiger partial charge in [0.15, 0.2) is 23.1 Å². The molecule has 1 fully saturated rings. The molecule has 2 aromatic rings. The van der Waals surface area contributed by atoms with Crippen LogP contribution in [0.2, 0.25) is 0 Å². The third-order valence-electron chi connectivity index (χ3n) is 4.75. The number of rotatable bonds is 6. The fraction of sp³-hybridized carbons (Fsp3) is 0.350. The molecule has 0 spiro atoms. The van der Waals surface area contributed by atoms with Gasteiger partial charge in [-0.25, -0.2) is 8.78 Å². The summed E-state index contributed by atoms with van der Waals surface area (Å²) >= 11 is 0. The molecule has 0 unspecified atom stereocenters. The number of benzene rings is 2. The zero-order chi connectivity index (χ0) is 19.4. The zero-order valence-electron chi connectivity index (χ0n) is 15.3. The van der Waals surface area contributed by atoms with Crippen LogP contribution in [0.5, 0.6) is 11.5 Å². The molecule has 0 aromatic heterocycles. The molecule has 1 aliphatic rings. The SMILES string of the molecule is COc1ccc(C(=O)NC[C@H]2CCN(c3ccc(F)c(F)c3)C2)cc1OC. The molecule has 27 heavy (non-hydrogen) atoms. The number of hydrogen-bond acceptors (Lipinski definition) is 4. The van der Waals surface area contributed by atoms with E-state index in [-0.39, 0.29) is 11.8 Å². The number of carbonyl (C=O) groups excluding carboxylic acids is 1. The van der Waals surface area contributed by atoms with E-state index in [9.17, 15) is 13.6 Å². The maximum Gasteiger partial charge on any atom is 0.251 e. The number of methoxy groups -OCH3 is 2. The lowest BCUT2D eigenvalue weighted by Crippen LogP contribution is -2.31. The Morgan fingerprint density at radius 3 is 2.59 bits per heavy atom.